The van der Waals surface area contributed by atoms with E-state index in [2.05, 4.69) is 20.3 Å². The summed E-state index contributed by atoms with van der Waals surface area (Å²) in [5.41, 5.74) is 7.36. The van der Waals surface area contributed by atoms with Crippen LogP contribution in [0.15, 0.2) is 54.7 Å². The molecule has 4 N–H and O–H groups in total. The molecule has 9 heteroatoms. The zero-order chi connectivity index (χ0) is 19.7. The van der Waals surface area contributed by atoms with Crippen LogP contribution in [0.1, 0.15) is 10.5 Å². The maximum atomic E-state index is 13.3. The van der Waals surface area contributed by atoms with Crippen molar-refractivity contribution in [1.82, 2.24) is 15.0 Å². The molecule has 0 radical (unpaired) electrons. The first kappa shape index (κ1) is 17.7. The molecule has 140 valence electrons. The second-order valence-electron chi connectivity index (χ2n) is 5.86. The number of imidazole rings is 1. The third-order valence-electron chi connectivity index (χ3n) is 3.86. The number of ether oxygens (including phenoxy) is 1. The van der Waals surface area contributed by atoms with Gasteiger partial charge in [0, 0.05) is 24.0 Å². The molecule has 28 heavy (non-hydrogen) atoms. The van der Waals surface area contributed by atoms with Crippen molar-refractivity contribution in [2.45, 2.75) is 0 Å². The van der Waals surface area contributed by atoms with Gasteiger partial charge in [-0.05, 0) is 36.4 Å². The molecular formula is C19H13ClFN5O2. The summed E-state index contributed by atoms with van der Waals surface area (Å²) in [6.45, 7) is 0. The Labute approximate surface area is 163 Å². The minimum Gasteiger partial charge on any atom is -0.457 e. The van der Waals surface area contributed by atoms with Crippen LogP contribution in [-0.2, 0) is 0 Å². The van der Waals surface area contributed by atoms with Crippen molar-refractivity contribution in [2.75, 3.05) is 5.32 Å². The van der Waals surface area contributed by atoms with Crippen LogP contribution >= 0.6 is 11.6 Å². The van der Waals surface area contributed by atoms with Gasteiger partial charge in [0.25, 0.3) is 5.91 Å². The summed E-state index contributed by atoms with van der Waals surface area (Å²) in [5, 5.41) is 3.05. The van der Waals surface area contributed by atoms with E-state index in [1.165, 1.54) is 24.4 Å². The van der Waals surface area contributed by atoms with Gasteiger partial charge in [-0.2, -0.15) is 0 Å². The van der Waals surface area contributed by atoms with E-state index >= 15 is 0 Å². The van der Waals surface area contributed by atoms with Gasteiger partial charge in [0.1, 0.15) is 23.0 Å². The highest BCUT2D eigenvalue weighted by atomic mass is 35.5. The number of hydrogen-bond donors (Lipinski definition) is 3. The molecule has 2 heterocycles. The molecule has 7 nitrogen and oxygen atoms in total. The quantitative estimate of drug-likeness (QED) is 0.463. The lowest BCUT2D eigenvalue weighted by molar-refractivity contribution is 0.0995. The largest absolute Gasteiger partial charge is 0.457 e. The van der Waals surface area contributed by atoms with Gasteiger partial charge >= 0.3 is 0 Å². The number of H-pyrrole nitrogens is 1. The van der Waals surface area contributed by atoms with E-state index in [4.69, 9.17) is 22.1 Å². The Morgan fingerprint density at radius 2 is 1.96 bits per heavy atom. The van der Waals surface area contributed by atoms with E-state index in [1.54, 1.807) is 30.3 Å². The number of benzene rings is 2. The number of aromatic nitrogens is 3. The maximum absolute atomic E-state index is 13.3. The second-order valence-corrected chi connectivity index (χ2v) is 6.27. The van der Waals surface area contributed by atoms with Crippen LogP contribution in [0.25, 0.3) is 11.0 Å². The lowest BCUT2D eigenvalue weighted by atomic mass is 10.3. The van der Waals surface area contributed by atoms with Crippen LogP contribution in [0.4, 0.5) is 16.0 Å². The van der Waals surface area contributed by atoms with E-state index in [0.29, 0.717) is 28.7 Å². The Kier molecular flexibility index (Phi) is 4.54. The van der Waals surface area contributed by atoms with E-state index < -0.39 is 11.7 Å². The number of anilines is 2. The third-order valence-corrected chi connectivity index (χ3v) is 4.14. The molecule has 4 aromatic rings. The minimum atomic E-state index is -0.633. The number of nitrogens with two attached hydrogens (primary N) is 1. The average Bonchev–Trinajstić information content (AvgIpc) is 3.06. The van der Waals surface area contributed by atoms with Gasteiger partial charge in [-0.25, -0.2) is 9.37 Å². The third kappa shape index (κ3) is 3.72. The molecule has 0 unspecified atom stereocenters. The van der Waals surface area contributed by atoms with Crippen molar-refractivity contribution < 1.29 is 13.9 Å². The van der Waals surface area contributed by atoms with Gasteiger partial charge in [0.15, 0.2) is 0 Å². The predicted molar refractivity (Wildman–Crippen MR) is 104 cm³/mol. The number of carbonyl (C=O) groups excluding carboxylic acids is 1. The second kappa shape index (κ2) is 7.16. The number of pyridine rings is 1. The van der Waals surface area contributed by atoms with Crippen LogP contribution in [0.5, 0.6) is 11.5 Å². The Bertz CT molecular complexity index is 1190. The number of nitrogens with one attached hydrogen (secondary N) is 2. The van der Waals surface area contributed by atoms with E-state index in [-0.39, 0.29) is 10.7 Å². The summed E-state index contributed by atoms with van der Waals surface area (Å²) in [5.74, 6) is 0.311. The molecule has 1 amide bonds. The first-order valence-electron chi connectivity index (χ1n) is 8.13. The minimum absolute atomic E-state index is 0.0180. The lowest BCUT2D eigenvalue weighted by Crippen LogP contribution is -2.12. The highest BCUT2D eigenvalue weighted by molar-refractivity contribution is 6.31. The number of primary amides is 1. The molecular weight excluding hydrogens is 385 g/mol. The molecule has 2 aromatic carbocycles. The van der Waals surface area contributed by atoms with E-state index in [0.717, 1.165) is 5.52 Å². The number of hydrogen-bond acceptors (Lipinski definition) is 5. The summed E-state index contributed by atoms with van der Waals surface area (Å²) < 4.78 is 19.0. The number of rotatable bonds is 5. The van der Waals surface area contributed by atoms with Gasteiger partial charge in [-0.1, -0.05) is 11.6 Å². The highest BCUT2D eigenvalue weighted by Crippen LogP contribution is 2.27. The van der Waals surface area contributed by atoms with Crippen molar-refractivity contribution >= 4 is 40.2 Å². The van der Waals surface area contributed by atoms with Gasteiger partial charge in [-0.3, -0.25) is 9.78 Å². The Morgan fingerprint density at radius 3 is 2.75 bits per heavy atom. The first-order chi connectivity index (χ1) is 13.5. The molecule has 0 spiro atoms. The zero-order valence-corrected chi connectivity index (χ0v) is 15.0. The molecule has 0 aliphatic heterocycles. The fourth-order valence-corrected chi connectivity index (χ4v) is 2.75. The number of aromatic amines is 1. The highest BCUT2D eigenvalue weighted by Gasteiger charge is 2.08. The van der Waals surface area contributed by atoms with Crippen LogP contribution < -0.4 is 15.8 Å². The van der Waals surface area contributed by atoms with Crippen molar-refractivity contribution in [3.8, 4) is 11.5 Å². The Hall–Kier alpha value is -3.65. The van der Waals surface area contributed by atoms with Gasteiger partial charge in [0.05, 0.1) is 16.1 Å². The van der Waals surface area contributed by atoms with E-state index in [1.807, 2.05) is 0 Å². The molecule has 4 rings (SSSR count). The Balaban J connectivity index is 1.57. The standard InChI is InChI=1S/C19H13ClFN5O2/c20-13-7-10(1-3-14(13)21)24-19-25-15-4-2-11(8-16(15)26-19)28-12-5-6-23-17(9-12)18(22)27/h1-9H,(H2,22,27)(H2,24,25,26). The summed E-state index contributed by atoms with van der Waals surface area (Å²) in [4.78, 5) is 22.6. The molecule has 0 saturated heterocycles. The lowest BCUT2D eigenvalue weighted by Gasteiger charge is -2.06. The van der Waals surface area contributed by atoms with E-state index in [9.17, 15) is 9.18 Å². The average molecular weight is 398 g/mol. The molecule has 0 fully saturated rings. The SMILES string of the molecule is NC(=O)c1cc(Oc2ccc3nc(Nc4ccc(F)c(Cl)c4)[nH]c3c2)ccn1. The van der Waals surface area contributed by atoms with Crippen LogP contribution in [-0.4, -0.2) is 20.9 Å². The topological polar surface area (TPSA) is 106 Å². The number of amides is 1. The molecule has 0 saturated carbocycles. The first-order valence-corrected chi connectivity index (χ1v) is 8.51. The smallest absolute Gasteiger partial charge is 0.267 e. The number of nitrogens with zero attached hydrogens (tertiary/aromatic N) is 2. The fraction of sp³-hybridized carbons (Fsp3) is 0. The predicted octanol–water partition coefficient (Wildman–Crippen LogP) is 4.39. The van der Waals surface area contributed by atoms with Crippen LogP contribution in [0, 0.1) is 5.82 Å². The Morgan fingerprint density at radius 1 is 1.14 bits per heavy atom. The van der Waals surface area contributed by atoms with Crippen molar-refractivity contribution in [2.24, 2.45) is 5.73 Å². The summed E-state index contributed by atoms with van der Waals surface area (Å²) in [6, 6.07) is 12.7. The normalized spacial score (nSPS) is 10.8. The van der Waals surface area contributed by atoms with Crippen molar-refractivity contribution in [1.29, 1.82) is 0 Å². The maximum Gasteiger partial charge on any atom is 0.267 e. The number of fused-ring (bicyclic) bond motifs is 1. The number of carbonyl (C=O) groups is 1. The fourth-order valence-electron chi connectivity index (χ4n) is 2.57. The molecule has 2 aromatic heterocycles. The monoisotopic (exact) mass is 397 g/mol. The summed E-state index contributed by atoms with van der Waals surface area (Å²) >= 11 is 5.79. The van der Waals surface area contributed by atoms with Gasteiger partial charge < -0.3 is 20.8 Å². The molecule has 0 atom stereocenters. The molecule has 0 aliphatic carbocycles. The molecule has 0 aliphatic rings. The summed E-state index contributed by atoms with van der Waals surface area (Å²) in [7, 11) is 0. The summed E-state index contributed by atoms with van der Waals surface area (Å²) in [6.07, 6.45) is 1.44. The molecule has 0 bridgehead atoms. The van der Waals surface area contributed by atoms with Crippen LogP contribution in [0.2, 0.25) is 5.02 Å². The van der Waals surface area contributed by atoms with Gasteiger partial charge in [-0.15, -0.1) is 0 Å². The zero-order valence-electron chi connectivity index (χ0n) is 14.2. The van der Waals surface area contributed by atoms with Crippen molar-refractivity contribution in [3.05, 3.63) is 71.3 Å². The van der Waals surface area contributed by atoms with Crippen molar-refractivity contribution in [3.63, 3.8) is 0 Å². The van der Waals surface area contributed by atoms with Gasteiger partial charge in [0.2, 0.25) is 5.95 Å². The van der Waals surface area contributed by atoms with Crippen LogP contribution in [0.3, 0.4) is 0 Å². The number of halogens is 2.